The molecule has 0 spiro atoms. The number of imidazole rings is 2. The lowest BCUT2D eigenvalue weighted by Gasteiger charge is -2.27. The third kappa shape index (κ3) is 7.23. The number of rotatable bonds is 10. The Hall–Kier alpha value is -9.52. The standard InChI is InChI=1S/C64H44N6/c1-7-19-45(20-8-1)63-65-59-39-35-55(43-61(59)69(63)51-27-15-5-16-28-51)67(49-23-11-3-12-24-49)53-33-37-57-47(41-53)31-32-48-42-54(34-38-58(48)57)68(50-25-13-4-14-26-50)56-36-40-60-62(44-56)70(52-29-17-6-18-30-52)64(66-60)46-21-9-2-10-22-46/h1-44H. The fraction of sp³-hybridized carbons (Fsp3) is 0. The molecule has 0 atom stereocenters. The molecule has 0 unspecified atom stereocenters. The topological polar surface area (TPSA) is 42.1 Å². The Morgan fingerprint density at radius 2 is 0.600 bits per heavy atom. The second-order valence-electron chi connectivity index (χ2n) is 17.5. The Morgan fingerprint density at radius 1 is 0.271 bits per heavy atom. The van der Waals surface area contributed by atoms with Crippen LogP contribution in [0.4, 0.5) is 34.1 Å². The minimum absolute atomic E-state index is 0.909. The predicted molar refractivity (Wildman–Crippen MR) is 291 cm³/mol. The Morgan fingerprint density at radius 3 is 0.986 bits per heavy atom. The van der Waals surface area contributed by atoms with Crippen LogP contribution in [0.15, 0.2) is 267 Å². The number of fused-ring (bicyclic) bond motifs is 5. The van der Waals surface area contributed by atoms with E-state index < -0.39 is 0 Å². The summed E-state index contributed by atoms with van der Waals surface area (Å²) in [7, 11) is 0. The molecule has 6 nitrogen and oxygen atoms in total. The molecule has 2 aromatic heterocycles. The van der Waals surface area contributed by atoms with Gasteiger partial charge in [-0.3, -0.25) is 9.13 Å². The highest BCUT2D eigenvalue weighted by atomic mass is 15.2. The van der Waals surface area contributed by atoms with Gasteiger partial charge in [-0.2, -0.15) is 0 Å². The van der Waals surface area contributed by atoms with Gasteiger partial charge in [-0.1, -0.05) is 158 Å². The van der Waals surface area contributed by atoms with Gasteiger partial charge in [-0.15, -0.1) is 0 Å². The van der Waals surface area contributed by atoms with Crippen molar-refractivity contribution in [1.29, 1.82) is 0 Å². The molecule has 70 heavy (non-hydrogen) atoms. The van der Waals surface area contributed by atoms with E-state index in [0.29, 0.717) is 0 Å². The van der Waals surface area contributed by atoms with E-state index in [-0.39, 0.29) is 0 Å². The van der Waals surface area contributed by atoms with Gasteiger partial charge in [0.2, 0.25) is 0 Å². The van der Waals surface area contributed by atoms with Gasteiger partial charge in [-0.05, 0) is 131 Å². The summed E-state index contributed by atoms with van der Waals surface area (Å²) in [4.78, 5) is 15.1. The van der Waals surface area contributed by atoms with E-state index in [0.717, 1.165) is 101 Å². The Kier molecular flexibility index (Phi) is 10.1. The van der Waals surface area contributed by atoms with Crippen LogP contribution >= 0.6 is 0 Å². The third-order valence-electron chi connectivity index (χ3n) is 13.2. The number of hydrogen-bond acceptors (Lipinski definition) is 4. The number of aromatic nitrogens is 4. The summed E-state index contributed by atoms with van der Waals surface area (Å²) in [6, 6.07) is 94.6. The molecule has 13 rings (SSSR count). The van der Waals surface area contributed by atoms with Gasteiger partial charge in [0.1, 0.15) is 11.6 Å². The molecule has 0 radical (unpaired) electrons. The van der Waals surface area contributed by atoms with Gasteiger partial charge in [0.05, 0.1) is 22.1 Å². The highest BCUT2D eigenvalue weighted by Gasteiger charge is 2.21. The summed E-state index contributed by atoms with van der Waals surface area (Å²) in [6.45, 7) is 0. The van der Waals surface area contributed by atoms with Gasteiger partial charge in [-0.25, -0.2) is 9.97 Å². The maximum atomic E-state index is 5.20. The summed E-state index contributed by atoms with van der Waals surface area (Å²) in [6.07, 6.45) is 0. The number of nitrogens with zero attached hydrogens (tertiary/aromatic N) is 6. The molecule has 2 heterocycles. The van der Waals surface area contributed by atoms with Crippen LogP contribution in [-0.4, -0.2) is 19.1 Å². The minimum atomic E-state index is 0.909. The van der Waals surface area contributed by atoms with Gasteiger partial charge in [0.15, 0.2) is 0 Å². The van der Waals surface area contributed by atoms with Crippen LogP contribution in [0.1, 0.15) is 0 Å². The SMILES string of the molecule is c1ccc(-c2nc3ccc(N(c4ccccc4)c4ccc5c(ccc6cc(N(c7ccccc7)c7ccc8nc(-c9ccccc9)n(-c9ccccc9)c8c7)ccc65)c4)cc3n2-c2ccccc2)cc1. The minimum Gasteiger partial charge on any atom is -0.310 e. The van der Waals surface area contributed by atoms with Crippen LogP contribution in [0.2, 0.25) is 0 Å². The molecule has 6 heteroatoms. The predicted octanol–water partition coefficient (Wildman–Crippen LogP) is 16.9. The number of para-hydroxylation sites is 4. The van der Waals surface area contributed by atoms with E-state index in [2.05, 4.69) is 274 Å². The van der Waals surface area contributed by atoms with E-state index in [9.17, 15) is 0 Å². The van der Waals surface area contributed by atoms with Crippen molar-refractivity contribution >= 4 is 77.7 Å². The van der Waals surface area contributed by atoms with Crippen molar-refractivity contribution in [3.8, 4) is 34.2 Å². The summed E-state index contributed by atoms with van der Waals surface area (Å²) < 4.78 is 4.55. The zero-order chi connectivity index (χ0) is 46.4. The molecule has 0 bridgehead atoms. The molecule has 0 saturated heterocycles. The van der Waals surface area contributed by atoms with Gasteiger partial charge in [0.25, 0.3) is 0 Å². The fourth-order valence-electron chi connectivity index (χ4n) is 10.0. The van der Waals surface area contributed by atoms with Crippen LogP contribution in [0.25, 0.3) is 77.8 Å². The molecule has 11 aromatic carbocycles. The quantitative estimate of drug-likeness (QED) is 0.128. The lowest BCUT2D eigenvalue weighted by molar-refractivity contribution is 1.10. The average molecular weight is 897 g/mol. The lowest BCUT2D eigenvalue weighted by atomic mass is 10.00. The monoisotopic (exact) mass is 896 g/mol. The third-order valence-corrected chi connectivity index (χ3v) is 13.2. The molecule has 0 aliphatic heterocycles. The van der Waals surface area contributed by atoms with Crippen molar-refractivity contribution in [2.45, 2.75) is 0 Å². The van der Waals surface area contributed by atoms with Crippen molar-refractivity contribution in [3.63, 3.8) is 0 Å². The summed E-state index contributed by atoms with van der Waals surface area (Å²) in [5.74, 6) is 1.82. The van der Waals surface area contributed by atoms with Crippen molar-refractivity contribution < 1.29 is 0 Å². The van der Waals surface area contributed by atoms with Crippen molar-refractivity contribution in [1.82, 2.24) is 19.1 Å². The highest BCUT2D eigenvalue weighted by molar-refractivity contribution is 6.10. The molecular weight excluding hydrogens is 853 g/mol. The van der Waals surface area contributed by atoms with Crippen LogP contribution in [0, 0.1) is 0 Å². The maximum absolute atomic E-state index is 5.20. The normalized spacial score (nSPS) is 11.4. The van der Waals surface area contributed by atoms with Crippen LogP contribution in [0.5, 0.6) is 0 Å². The summed E-state index contributed by atoms with van der Waals surface area (Å²) in [5.41, 5.74) is 14.6. The first kappa shape index (κ1) is 40.7. The molecule has 13 aromatic rings. The molecule has 330 valence electrons. The molecule has 0 amide bonds. The average Bonchev–Trinajstić information content (AvgIpc) is 4.01. The summed E-state index contributed by atoms with van der Waals surface area (Å²) >= 11 is 0. The van der Waals surface area contributed by atoms with Crippen molar-refractivity contribution in [2.24, 2.45) is 0 Å². The van der Waals surface area contributed by atoms with Crippen LogP contribution in [0.3, 0.4) is 0 Å². The molecular formula is C64H44N6. The summed E-state index contributed by atoms with van der Waals surface area (Å²) in [5, 5.41) is 4.71. The zero-order valence-corrected chi connectivity index (χ0v) is 38.1. The molecule has 0 N–H and O–H groups in total. The van der Waals surface area contributed by atoms with Crippen LogP contribution in [-0.2, 0) is 0 Å². The zero-order valence-electron chi connectivity index (χ0n) is 38.1. The first-order chi connectivity index (χ1) is 34.7. The highest BCUT2D eigenvalue weighted by Crippen LogP contribution is 2.43. The van der Waals surface area contributed by atoms with E-state index in [1.807, 2.05) is 12.1 Å². The smallest absolute Gasteiger partial charge is 0.145 e. The van der Waals surface area contributed by atoms with Crippen molar-refractivity contribution in [3.05, 3.63) is 267 Å². The number of benzene rings is 11. The molecule has 0 saturated carbocycles. The van der Waals surface area contributed by atoms with Gasteiger partial charge >= 0.3 is 0 Å². The maximum Gasteiger partial charge on any atom is 0.145 e. The van der Waals surface area contributed by atoms with E-state index in [4.69, 9.17) is 9.97 Å². The number of anilines is 6. The van der Waals surface area contributed by atoms with Crippen molar-refractivity contribution in [2.75, 3.05) is 9.80 Å². The lowest BCUT2D eigenvalue weighted by Crippen LogP contribution is -2.10. The first-order valence-corrected chi connectivity index (χ1v) is 23.7. The second-order valence-corrected chi connectivity index (χ2v) is 17.5. The Balaban J connectivity index is 0.915. The van der Waals surface area contributed by atoms with E-state index in [1.54, 1.807) is 0 Å². The van der Waals surface area contributed by atoms with E-state index in [1.165, 1.54) is 10.8 Å². The van der Waals surface area contributed by atoms with Crippen LogP contribution < -0.4 is 9.80 Å². The Bertz CT molecular complexity index is 3720. The molecule has 0 aliphatic carbocycles. The number of hydrogen-bond donors (Lipinski definition) is 0. The van der Waals surface area contributed by atoms with E-state index >= 15 is 0 Å². The molecule has 0 fully saturated rings. The van der Waals surface area contributed by atoms with Gasteiger partial charge < -0.3 is 9.80 Å². The fourth-order valence-corrected chi connectivity index (χ4v) is 10.0. The molecule has 0 aliphatic rings. The largest absolute Gasteiger partial charge is 0.310 e. The Labute approximate surface area is 405 Å². The second kappa shape index (κ2) is 17.3. The first-order valence-electron chi connectivity index (χ1n) is 23.7. The van der Waals surface area contributed by atoms with Gasteiger partial charge in [0, 0.05) is 56.6 Å².